The minimum Gasteiger partial charge on any atom is -0.378 e. The molecule has 2 aromatic rings. The molecular formula is C19H20ClN3O2. The summed E-state index contributed by atoms with van der Waals surface area (Å²) in [6.45, 7) is 3.95. The lowest BCUT2D eigenvalue weighted by Gasteiger charge is -2.29. The SMILES string of the molecule is O=C(Nc1cccc(Cl)c1)N1CCc2ccc(N3CCOCC3)cc21. The first-order chi connectivity index (χ1) is 12.2. The zero-order valence-electron chi connectivity index (χ0n) is 13.9. The monoisotopic (exact) mass is 357 g/mol. The van der Waals surface area contributed by atoms with Crippen molar-refractivity contribution < 1.29 is 9.53 Å². The normalized spacial score (nSPS) is 16.7. The van der Waals surface area contributed by atoms with Gasteiger partial charge in [0, 0.05) is 36.0 Å². The highest BCUT2D eigenvalue weighted by molar-refractivity contribution is 6.30. The predicted molar refractivity (Wildman–Crippen MR) is 101 cm³/mol. The molecule has 2 aliphatic rings. The zero-order chi connectivity index (χ0) is 17.2. The first kappa shape index (κ1) is 16.2. The van der Waals surface area contributed by atoms with E-state index in [1.54, 1.807) is 17.0 Å². The van der Waals surface area contributed by atoms with E-state index in [1.807, 2.05) is 12.1 Å². The number of benzene rings is 2. The number of ether oxygens (including phenoxy) is 1. The molecule has 4 rings (SSSR count). The Bertz CT molecular complexity index is 790. The molecule has 0 aromatic heterocycles. The fraction of sp³-hybridized carbons (Fsp3) is 0.316. The number of rotatable bonds is 2. The van der Waals surface area contributed by atoms with Crippen LogP contribution in [0.15, 0.2) is 42.5 Å². The highest BCUT2D eigenvalue weighted by Crippen LogP contribution is 2.33. The van der Waals surface area contributed by atoms with Crippen LogP contribution in [0.25, 0.3) is 0 Å². The third-order valence-corrected chi connectivity index (χ3v) is 4.90. The zero-order valence-corrected chi connectivity index (χ0v) is 14.6. The lowest BCUT2D eigenvalue weighted by molar-refractivity contribution is 0.122. The minimum atomic E-state index is -0.125. The Morgan fingerprint density at radius 1 is 1.08 bits per heavy atom. The van der Waals surface area contributed by atoms with Crippen LogP contribution >= 0.6 is 11.6 Å². The summed E-state index contributed by atoms with van der Waals surface area (Å²) >= 11 is 6.00. The number of hydrogen-bond acceptors (Lipinski definition) is 3. The molecule has 0 atom stereocenters. The number of halogens is 1. The maximum absolute atomic E-state index is 12.7. The molecule has 2 heterocycles. The van der Waals surface area contributed by atoms with Gasteiger partial charge in [-0.1, -0.05) is 23.7 Å². The van der Waals surface area contributed by atoms with Crippen molar-refractivity contribution in [2.45, 2.75) is 6.42 Å². The molecule has 0 aliphatic carbocycles. The average molecular weight is 358 g/mol. The number of hydrogen-bond donors (Lipinski definition) is 1. The van der Waals surface area contributed by atoms with Crippen molar-refractivity contribution in [3.8, 4) is 0 Å². The molecule has 1 fully saturated rings. The number of urea groups is 1. The van der Waals surface area contributed by atoms with Crippen molar-refractivity contribution in [3.63, 3.8) is 0 Å². The van der Waals surface area contributed by atoms with Gasteiger partial charge in [0.15, 0.2) is 0 Å². The van der Waals surface area contributed by atoms with E-state index >= 15 is 0 Å². The maximum Gasteiger partial charge on any atom is 0.326 e. The van der Waals surface area contributed by atoms with Gasteiger partial charge < -0.3 is 15.0 Å². The Kier molecular flexibility index (Phi) is 4.51. The predicted octanol–water partition coefficient (Wildman–Crippen LogP) is 3.77. The van der Waals surface area contributed by atoms with Crippen molar-refractivity contribution in [2.24, 2.45) is 0 Å². The fourth-order valence-electron chi connectivity index (χ4n) is 3.35. The molecule has 1 saturated heterocycles. The number of carbonyl (C=O) groups is 1. The standard InChI is InChI=1S/C19H20ClN3O2/c20-15-2-1-3-16(12-15)21-19(24)23-7-6-14-4-5-17(13-18(14)23)22-8-10-25-11-9-22/h1-5,12-13H,6-11H2,(H,21,24). The van der Waals surface area contributed by atoms with Gasteiger partial charge >= 0.3 is 6.03 Å². The average Bonchev–Trinajstić information content (AvgIpc) is 3.06. The van der Waals surface area contributed by atoms with E-state index in [0.29, 0.717) is 17.3 Å². The summed E-state index contributed by atoms with van der Waals surface area (Å²) in [6, 6.07) is 13.5. The Labute approximate surface area is 152 Å². The van der Waals surface area contributed by atoms with Crippen LogP contribution in [-0.2, 0) is 11.2 Å². The number of morpholine rings is 1. The molecule has 0 radical (unpaired) electrons. The van der Waals surface area contributed by atoms with Crippen molar-refractivity contribution in [1.82, 2.24) is 0 Å². The number of anilines is 3. The van der Waals surface area contributed by atoms with Gasteiger partial charge in [-0.2, -0.15) is 0 Å². The minimum absolute atomic E-state index is 0.125. The van der Waals surface area contributed by atoms with E-state index in [1.165, 1.54) is 5.56 Å². The molecule has 2 aliphatic heterocycles. The van der Waals surface area contributed by atoms with E-state index in [9.17, 15) is 4.79 Å². The Morgan fingerprint density at radius 3 is 2.72 bits per heavy atom. The number of nitrogens with zero attached hydrogens (tertiary/aromatic N) is 2. The van der Waals surface area contributed by atoms with Gasteiger partial charge in [-0.15, -0.1) is 0 Å². The molecule has 2 amide bonds. The molecule has 130 valence electrons. The molecule has 5 nitrogen and oxygen atoms in total. The summed E-state index contributed by atoms with van der Waals surface area (Å²) < 4.78 is 5.42. The molecule has 0 saturated carbocycles. The van der Waals surface area contributed by atoms with Crippen LogP contribution in [0, 0.1) is 0 Å². The van der Waals surface area contributed by atoms with E-state index in [0.717, 1.165) is 44.1 Å². The highest BCUT2D eigenvalue weighted by Gasteiger charge is 2.26. The van der Waals surface area contributed by atoms with Crippen molar-refractivity contribution in [1.29, 1.82) is 0 Å². The third kappa shape index (κ3) is 3.43. The number of nitrogens with one attached hydrogen (secondary N) is 1. The summed E-state index contributed by atoms with van der Waals surface area (Å²) in [5, 5.41) is 3.54. The fourth-order valence-corrected chi connectivity index (χ4v) is 3.54. The van der Waals surface area contributed by atoms with Crippen LogP contribution in [0.4, 0.5) is 21.9 Å². The quantitative estimate of drug-likeness (QED) is 0.889. The van der Waals surface area contributed by atoms with Gasteiger partial charge in [0.1, 0.15) is 0 Å². The van der Waals surface area contributed by atoms with Crippen LogP contribution in [-0.4, -0.2) is 38.9 Å². The van der Waals surface area contributed by atoms with Gasteiger partial charge in [-0.25, -0.2) is 4.79 Å². The summed E-state index contributed by atoms with van der Waals surface area (Å²) in [6.07, 6.45) is 0.877. The van der Waals surface area contributed by atoms with E-state index in [4.69, 9.17) is 16.3 Å². The lowest BCUT2D eigenvalue weighted by atomic mass is 10.1. The Hall–Kier alpha value is -2.24. The van der Waals surface area contributed by atoms with Gasteiger partial charge in [-0.05, 0) is 42.3 Å². The second-order valence-corrected chi connectivity index (χ2v) is 6.69. The van der Waals surface area contributed by atoms with Gasteiger partial charge in [-0.3, -0.25) is 4.90 Å². The number of carbonyl (C=O) groups excluding carboxylic acids is 1. The van der Waals surface area contributed by atoms with Gasteiger partial charge in [0.25, 0.3) is 0 Å². The molecule has 0 spiro atoms. The van der Waals surface area contributed by atoms with Crippen LogP contribution in [0.5, 0.6) is 0 Å². The molecule has 1 N–H and O–H groups in total. The first-order valence-corrected chi connectivity index (χ1v) is 8.88. The molecule has 0 bridgehead atoms. The second-order valence-electron chi connectivity index (χ2n) is 6.25. The molecule has 0 unspecified atom stereocenters. The summed E-state index contributed by atoms with van der Waals surface area (Å²) in [7, 11) is 0. The molecule has 2 aromatic carbocycles. The van der Waals surface area contributed by atoms with Crippen molar-refractivity contribution >= 4 is 34.7 Å². The maximum atomic E-state index is 12.7. The van der Waals surface area contributed by atoms with Gasteiger partial charge in [0.2, 0.25) is 0 Å². The molecule has 25 heavy (non-hydrogen) atoms. The lowest BCUT2D eigenvalue weighted by Crippen LogP contribution is -2.36. The number of fused-ring (bicyclic) bond motifs is 1. The Morgan fingerprint density at radius 2 is 1.92 bits per heavy atom. The molecule has 6 heteroatoms. The summed E-state index contributed by atoms with van der Waals surface area (Å²) in [4.78, 5) is 16.8. The Balaban J connectivity index is 1.54. The van der Waals surface area contributed by atoms with Crippen molar-refractivity contribution in [3.05, 3.63) is 53.1 Å². The smallest absolute Gasteiger partial charge is 0.326 e. The first-order valence-electron chi connectivity index (χ1n) is 8.50. The van der Waals surface area contributed by atoms with E-state index in [2.05, 4.69) is 28.4 Å². The van der Waals surface area contributed by atoms with Crippen LogP contribution < -0.4 is 15.1 Å². The third-order valence-electron chi connectivity index (χ3n) is 4.66. The number of amides is 2. The van der Waals surface area contributed by atoms with Gasteiger partial charge in [0.05, 0.1) is 18.9 Å². The summed E-state index contributed by atoms with van der Waals surface area (Å²) in [5.74, 6) is 0. The van der Waals surface area contributed by atoms with Crippen LogP contribution in [0.2, 0.25) is 5.02 Å². The van der Waals surface area contributed by atoms with E-state index < -0.39 is 0 Å². The topological polar surface area (TPSA) is 44.8 Å². The molecular weight excluding hydrogens is 338 g/mol. The second kappa shape index (κ2) is 6.94. The largest absolute Gasteiger partial charge is 0.378 e. The van der Waals surface area contributed by atoms with Crippen LogP contribution in [0.3, 0.4) is 0 Å². The van der Waals surface area contributed by atoms with Crippen molar-refractivity contribution in [2.75, 3.05) is 48.0 Å². The summed E-state index contributed by atoms with van der Waals surface area (Å²) in [5.41, 5.74) is 4.04. The highest BCUT2D eigenvalue weighted by atomic mass is 35.5. The van der Waals surface area contributed by atoms with E-state index in [-0.39, 0.29) is 6.03 Å². The van der Waals surface area contributed by atoms with Crippen LogP contribution in [0.1, 0.15) is 5.56 Å².